The fourth-order valence-electron chi connectivity index (χ4n) is 3.42. The summed E-state index contributed by atoms with van der Waals surface area (Å²) in [6.45, 7) is 0. The molecule has 5 heteroatoms. The summed E-state index contributed by atoms with van der Waals surface area (Å²) < 4.78 is 0. The number of anilines is 1. The fourth-order valence-corrected chi connectivity index (χ4v) is 3.42. The van der Waals surface area contributed by atoms with E-state index in [0.29, 0.717) is 5.95 Å². The maximum Gasteiger partial charge on any atom is 0.240 e. The summed E-state index contributed by atoms with van der Waals surface area (Å²) in [7, 11) is 0. The number of fused-ring (bicyclic) bond motifs is 2. The number of para-hydroxylation sites is 2. The van der Waals surface area contributed by atoms with Crippen LogP contribution in [0.3, 0.4) is 0 Å². The molecule has 2 unspecified atom stereocenters. The summed E-state index contributed by atoms with van der Waals surface area (Å²) in [4.78, 5) is 33.7. The van der Waals surface area contributed by atoms with Gasteiger partial charge in [0, 0.05) is 0 Å². The lowest BCUT2D eigenvalue weighted by atomic mass is 9.81. The Balaban J connectivity index is 1.77. The van der Waals surface area contributed by atoms with Crippen molar-refractivity contribution in [2.45, 2.75) is 25.7 Å². The van der Waals surface area contributed by atoms with Gasteiger partial charge in [0.25, 0.3) is 0 Å². The maximum atomic E-state index is 12.5. The molecule has 2 aliphatic rings. The van der Waals surface area contributed by atoms with Crippen LogP contribution in [0.4, 0.5) is 5.95 Å². The first-order valence-electron chi connectivity index (χ1n) is 7.08. The molecule has 0 bridgehead atoms. The lowest BCUT2D eigenvalue weighted by Gasteiger charge is -2.19. The van der Waals surface area contributed by atoms with Gasteiger partial charge < -0.3 is 4.98 Å². The molecule has 1 aromatic carbocycles. The van der Waals surface area contributed by atoms with Crippen molar-refractivity contribution in [1.29, 1.82) is 0 Å². The van der Waals surface area contributed by atoms with Gasteiger partial charge in [-0.3, -0.25) is 9.59 Å². The zero-order valence-corrected chi connectivity index (χ0v) is 11.0. The van der Waals surface area contributed by atoms with Crippen LogP contribution in [0, 0.1) is 11.8 Å². The summed E-state index contributed by atoms with van der Waals surface area (Å²) >= 11 is 0. The second-order valence-electron chi connectivity index (χ2n) is 5.59. The zero-order valence-electron chi connectivity index (χ0n) is 11.0. The first-order chi connectivity index (χ1) is 9.75. The number of benzene rings is 1. The SMILES string of the molecule is O=C1C2CCCCC2C(=O)N1c1nc2ccccc2[nH]1. The second kappa shape index (κ2) is 4.16. The van der Waals surface area contributed by atoms with Gasteiger partial charge in [-0.15, -0.1) is 0 Å². The Kier molecular flexibility index (Phi) is 2.42. The third-order valence-electron chi connectivity index (χ3n) is 4.43. The lowest BCUT2D eigenvalue weighted by Crippen LogP contribution is -2.31. The molecule has 20 heavy (non-hydrogen) atoms. The number of nitrogens with one attached hydrogen (secondary N) is 1. The molecule has 2 aromatic rings. The standard InChI is InChI=1S/C15H15N3O2/c19-13-9-5-1-2-6-10(9)14(20)18(13)15-16-11-7-3-4-8-12(11)17-15/h3-4,7-10H,1-2,5-6H2,(H,16,17). The number of nitrogens with zero attached hydrogens (tertiary/aromatic N) is 2. The Bertz CT molecular complexity index is 649. The van der Waals surface area contributed by atoms with Crippen molar-refractivity contribution < 1.29 is 9.59 Å². The molecular weight excluding hydrogens is 254 g/mol. The van der Waals surface area contributed by atoms with Crippen LogP contribution in [0.15, 0.2) is 24.3 Å². The smallest absolute Gasteiger partial charge is 0.240 e. The highest BCUT2D eigenvalue weighted by atomic mass is 16.2. The van der Waals surface area contributed by atoms with E-state index in [9.17, 15) is 9.59 Å². The quantitative estimate of drug-likeness (QED) is 0.807. The zero-order chi connectivity index (χ0) is 13.7. The molecule has 1 aliphatic heterocycles. The largest absolute Gasteiger partial charge is 0.323 e. The number of hydrogen-bond acceptors (Lipinski definition) is 3. The highest BCUT2D eigenvalue weighted by molar-refractivity contribution is 6.21. The topological polar surface area (TPSA) is 66.1 Å². The Morgan fingerprint density at radius 2 is 1.70 bits per heavy atom. The van der Waals surface area contributed by atoms with Crippen molar-refractivity contribution in [2.75, 3.05) is 4.90 Å². The van der Waals surface area contributed by atoms with Crippen molar-refractivity contribution in [1.82, 2.24) is 9.97 Å². The average molecular weight is 269 g/mol. The van der Waals surface area contributed by atoms with Crippen molar-refractivity contribution in [2.24, 2.45) is 11.8 Å². The molecule has 2 amide bonds. The number of rotatable bonds is 1. The van der Waals surface area contributed by atoms with E-state index in [0.717, 1.165) is 36.7 Å². The number of carbonyl (C=O) groups excluding carboxylic acids is 2. The van der Waals surface area contributed by atoms with Crippen molar-refractivity contribution in [3.63, 3.8) is 0 Å². The summed E-state index contributed by atoms with van der Waals surface area (Å²) in [5, 5.41) is 0. The first kappa shape index (κ1) is 11.6. The van der Waals surface area contributed by atoms with E-state index in [1.165, 1.54) is 4.90 Å². The molecule has 1 N–H and O–H groups in total. The predicted octanol–water partition coefficient (Wildman–Crippen LogP) is 2.24. The second-order valence-corrected chi connectivity index (χ2v) is 5.59. The Hall–Kier alpha value is -2.17. The molecule has 1 aromatic heterocycles. The monoisotopic (exact) mass is 269 g/mol. The molecular formula is C15H15N3O2. The Morgan fingerprint density at radius 1 is 1.05 bits per heavy atom. The van der Waals surface area contributed by atoms with E-state index in [4.69, 9.17) is 0 Å². The van der Waals surface area contributed by atoms with Crippen LogP contribution in [0.25, 0.3) is 11.0 Å². The van der Waals surface area contributed by atoms with Crippen molar-refractivity contribution in [3.05, 3.63) is 24.3 Å². The van der Waals surface area contributed by atoms with Gasteiger partial charge in [-0.1, -0.05) is 25.0 Å². The molecule has 5 nitrogen and oxygen atoms in total. The molecule has 1 saturated carbocycles. The Morgan fingerprint density at radius 3 is 2.35 bits per heavy atom. The number of amides is 2. The van der Waals surface area contributed by atoms with Crippen LogP contribution >= 0.6 is 0 Å². The third-order valence-corrected chi connectivity index (χ3v) is 4.43. The van der Waals surface area contributed by atoms with Crippen LogP contribution in [0.2, 0.25) is 0 Å². The fraction of sp³-hybridized carbons (Fsp3) is 0.400. The number of H-pyrrole nitrogens is 1. The molecule has 0 radical (unpaired) electrons. The minimum Gasteiger partial charge on any atom is -0.323 e. The van der Waals surface area contributed by atoms with E-state index in [1.807, 2.05) is 24.3 Å². The molecule has 2 fully saturated rings. The normalized spacial score (nSPS) is 26.3. The number of hydrogen-bond donors (Lipinski definition) is 1. The van der Waals surface area contributed by atoms with E-state index in [1.54, 1.807) is 0 Å². The van der Waals surface area contributed by atoms with E-state index < -0.39 is 0 Å². The number of aromatic nitrogens is 2. The molecule has 4 rings (SSSR count). The molecule has 102 valence electrons. The minimum atomic E-state index is -0.135. The van der Waals surface area contributed by atoms with Crippen LogP contribution < -0.4 is 4.90 Å². The first-order valence-corrected chi connectivity index (χ1v) is 7.08. The van der Waals surface area contributed by atoms with E-state index in [2.05, 4.69) is 9.97 Å². The summed E-state index contributed by atoms with van der Waals surface area (Å²) in [6, 6.07) is 7.55. The average Bonchev–Trinajstić information content (AvgIpc) is 3.00. The Labute approximate surface area is 116 Å². The van der Waals surface area contributed by atoms with Gasteiger partial charge in [0.05, 0.1) is 22.9 Å². The third kappa shape index (κ3) is 1.52. The van der Waals surface area contributed by atoms with Gasteiger partial charge >= 0.3 is 0 Å². The van der Waals surface area contributed by atoms with Crippen LogP contribution in [0.1, 0.15) is 25.7 Å². The van der Waals surface area contributed by atoms with Crippen molar-refractivity contribution in [3.8, 4) is 0 Å². The van der Waals surface area contributed by atoms with Gasteiger partial charge in [0.2, 0.25) is 17.8 Å². The number of imide groups is 1. The van der Waals surface area contributed by atoms with Gasteiger partial charge in [-0.25, -0.2) is 9.88 Å². The maximum absolute atomic E-state index is 12.5. The molecule has 2 heterocycles. The number of carbonyl (C=O) groups is 2. The van der Waals surface area contributed by atoms with Gasteiger partial charge in [0.1, 0.15) is 0 Å². The minimum absolute atomic E-state index is 0.0845. The lowest BCUT2D eigenvalue weighted by molar-refractivity contribution is -0.122. The summed E-state index contributed by atoms with van der Waals surface area (Å²) in [5.74, 6) is -0.0676. The molecule has 2 atom stereocenters. The molecule has 1 saturated heterocycles. The van der Waals surface area contributed by atoms with Crippen molar-refractivity contribution >= 4 is 28.8 Å². The summed E-state index contributed by atoms with van der Waals surface area (Å²) in [6.07, 6.45) is 3.72. The highest BCUT2D eigenvalue weighted by Crippen LogP contribution is 2.39. The van der Waals surface area contributed by atoms with E-state index in [-0.39, 0.29) is 23.7 Å². The van der Waals surface area contributed by atoms with E-state index >= 15 is 0 Å². The van der Waals surface area contributed by atoms with Gasteiger partial charge in [0.15, 0.2) is 0 Å². The molecule has 1 aliphatic carbocycles. The number of imidazole rings is 1. The van der Waals surface area contributed by atoms with Crippen LogP contribution in [-0.4, -0.2) is 21.8 Å². The number of aromatic amines is 1. The van der Waals surface area contributed by atoms with Crippen LogP contribution in [-0.2, 0) is 9.59 Å². The van der Waals surface area contributed by atoms with Gasteiger partial charge in [-0.2, -0.15) is 0 Å². The highest BCUT2D eigenvalue weighted by Gasteiger charge is 2.49. The molecule has 0 spiro atoms. The summed E-state index contributed by atoms with van der Waals surface area (Å²) in [5.41, 5.74) is 1.62. The van der Waals surface area contributed by atoms with Crippen LogP contribution in [0.5, 0.6) is 0 Å². The van der Waals surface area contributed by atoms with Gasteiger partial charge in [-0.05, 0) is 25.0 Å². The predicted molar refractivity (Wildman–Crippen MR) is 74.0 cm³/mol.